The zero-order valence-corrected chi connectivity index (χ0v) is 38.6. The lowest BCUT2D eigenvalue weighted by Crippen LogP contribution is -2.51. The molecule has 2 atom stereocenters. The molecule has 23 heteroatoms. The van der Waals surface area contributed by atoms with Gasteiger partial charge in [-0.3, -0.25) is 4.79 Å². The molecule has 2 unspecified atom stereocenters. The average Bonchev–Trinajstić information content (AvgIpc) is 3.16. The molecule has 1 aromatic rings. The van der Waals surface area contributed by atoms with Gasteiger partial charge in [0, 0.05) is 71.8 Å². The van der Waals surface area contributed by atoms with E-state index in [1.165, 1.54) is 35.0 Å². The normalized spacial score (nSPS) is 11.8. The van der Waals surface area contributed by atoms with Gasteiger partial charge in [0.15, 0.2) is 0 Å². The van der Waals surface area contributed by atoms with Crippen LogP contribution in [0.15, 0.2) is 51.8 Å². The highest BCUT2D eigenvalue weighted by molar-refractivity contribution is 6.60. The molecule has 0 aromatic carbocycles. The third kappa shape index (κ3) is 24.7. The number of rotatable bonds is 21. The summed E-state index contributed by atoms with van der Waals surface area (Å²) in [6.45, 7) is 21.5. The number of aromatic nitrogens is 3. The van der Waals surface area contributed by atoms with Crippen molar-refractivity contribution in [1.82, 2.24) is 13.7 Å². The Kier molecular flexibility index (Phi) is 33.1. The molecule has 5 N–H and O–H groups in total. The molecule has 20 nitrogen and oxygen atoms in total. The SMILES string of the molecule is C=C.C=C(C)C(=O)OCCCC(C[SiH](O)COC(=O)C(=C)C)O[Si](O)(O)CCCOC(=O)C(C)C.CC[Si](OC)(OC)OC.Cn1c(=O)n(C)c(=O)n(C)c1=O.O. The Morgan fingerprint density at radius 3 is 1.53 bits per heavy atom. The van der Waals surface area contributed by atoms with E-state index >= 15 is 0 Å². The lowest BCUT2D eigenvalue weighted by atomic mass is 10.2. The number of carbonyl (C=O) groups excluding carboxylic acids is 3. The predicted molar refractivity (Wildman–Crippen MR) is 220 cm³/mol. The summed E-state index contributed by atoms with van der Waals surface area (Å²) in [6, 6.07) is 0.814. The smallest absolute Gasteiger partial charge is 0.465 e. The summed E-state index contributed by atoms with van der Waals surface area (Å²) in [7, 11) is -0.0913. The molecule has 57 heavy (non-hydrogen) atoms. The second-order valence-electron chi connectivity index (χ2n) is 12.4. The van der Waals surface area contributed by atoms with Crippen molar-refractivity contribution in [2.75, 3.05) is 40.8 Å². The van der Waals surface area contributed by atoms with E-state index in [-0.39, 0.29) is 72.9 Å². The van der Waals surface area contributed by atoms with E-state index in [1.54, 1.807) is 35.2 Å². The van der Waals surface area contributed by atoms with Crippen molar-refractivity contribution in [3.8, 4) is 0 Å². The summed E-state index contributed by atoms with van der Waals surface area (Å²) in [6.07, 6.45) is -0.0741. The molecular formula is C34H67N3O17Si3. The fraction of sp³-hybridized carbons (Fsp3) is 0.647. The van der Waals surface area contributed by atoms with Gasteiger partial charge in [-0.1, -0.05) is 33.9 Å². The molecule has 0 saturated carbocycles. The van der Waals surface area contributed by atoms with Gasteiger partial charge in [0.2, 0.25) is 9.04 Å². The first-order valence-electron chi connectivity index (χ1n) is 17.6. The molecule has 1 aromatic heterocycles. The molecule has 0 aliphatic carbocycles. The molecule has 0 amide bonds. The van der Waals surface area contributed by atoms with E-state index in [4.69, 9.17) is 31.9 Å². The third-order valence-electron chi connectivity index (χ3n) is 7.35. The van der Waals surface area contributed by atoms with Crippen molar-refractivity contribution < 1.29 is 66.2 Å². The maximum absolute atomic E-state index is 11.5. The maximum atomic E-state index is 11.5. The standard InChI is InChI=1S/C21H38O10Si2.C6H9N3O3.C5H14O3Si.C2H4.H2O/c1-15(2)19(22)28-10-7-9-18(13-32(25)14-30-21(24)17(5)6)31-33(26,27)12-8-11-29-20(23)16(3)4;1-7-4(10)8(2)6(12)9(3)5(7)11;1-5-9(6-2,7-3)8-4;1-2;/h16,18,25-27,32H,1,5,7-14H2,2-4,6H3;1-3H3;5H2,1-4H3;1-2H2;1H2. The number of carbonyl (C=O) groups is 3. The zero-order chi connectivity index (χ0) is 44.4. The fourth-order valence-electron chi connectivity index (χ4n) is 4.06. The van der Waals surface area contributed by atoms with Gasteiger partial charge in [-0.15, -0.1) is 13.2 Å². The van der Waals surface area contributed by atoms with Crippen molar-refractivity contribution in [3.63, 3.8) is 0 Å². The minimum atomic E-state index is -4.12. The number of hydrogen-bond acceptors (Lipinski definition) is 16. The van der Waals surface area contributed by atoms with Crippen LogP contribution >= 0.6 is 0 Å². The molecular weight excluding hydrogens is 807 g/mol. The minimum Gasteiger partial charge on any atom is -0.465 e. The first-order valence-corrected chi connectivity index (χ1v) is 23.7. The van der Waals surface area contributed by atoms with Crippen LogP contribution < -0.4 is 17.1 Å². The number of ether oxygens (including phenoxy) is 3. The summed E-state index contributed by atoms with van der Waals surface area (Å²) in [4.78, 5) is 98.8. The van der Waals surface area contributed by atoms with E-state index in [0.29, 0.717) is 6.42 Å². The molecule has 1 rings (SSSR count). The Labute approximate surface area is 338 Å². The quantitative estimate of drug-likeness (QED) is 0.0360. The summed E-state index contributed by atoms with van der Waals surface area (Å²) in [5, 5.41) is 0. The molecule has 1 heterocycles. The summed E-state index contributed by atoms with van der Waals surface area (Å²) >= 11 is 0. The molecule has 332 valence electrons. The Hall–Kier alpha value is -3.63. The molecule has 0 spiro atoms. The maximum Gasteiger partial charge on any atom is 0.499 e. The zero-order valence-electron chi connectivity index (χ0n) is 35.4. The largest absolute Gasteiger partial charge is 0.499 e. The van der Waals surface area contributed by atoms with Gasteiger partial charge in [0.25, 0.3) is 0 Å². The van der Waals surface area contributed by atoms with Gasteiger partial charge in [0.1, 0.15) is 6.23 Å². The minimum absolute atomic E-state index is 0. The summed E-state index contributed by atoms with van der Waals surface area (Å²) < 4.78 is 38.4. The Balaban J connectivity index is -0.000000473. The van der Waals surface area contributed by atoms with Gasteiger partial charge in [0.05, 0.1) is 19.1 Å². The van der Waals surface area contributed by atoms with Crippen molar-refractivity contribution >= 4 is 44.6 Å². The molecule has 0 fully saturated rings. The van der Waals surface area contributed by atoms with Crippen LogP contribution in [-0.4, -0.2) is 125 Å². The third-order valence-corrected chi connectivity index (χ3v) is 13.4. The Morgan fingerprint density at radius 1 is 0.772 bits per heavy atom. The van der Waals surface area contributed by atoms with Crippen LogP contribution in [0.25, 0.3) is 0 Å². The summed E-state index contributed by atoms with van der Waals surface area (Å²) in [5.41, 5.74) is -1.35. The summed E-state index contributed by atoms with van der Waals surface area (Å²) in [5.74, 6) is -1.80. The van der Waals surface area contributed by atoms with E-state index in [2.05, 4.69) is 26.3 Å². The van der Waals surface area contributed by atoms with Gasteiger partial charge >= 0.3 is 52.6 Å². The second kappa shape index (κ2) is 31.4. The van der Waals surface area contributed by atoms with Crippen LogP contribution in [0, 0.1) is 5.92 Å². The van der Waals surface area contributed by atoms with Crippen LogP contribution in [0.5, 0.6) is 0 Å². The van der Waals surface area contributed by atoms with Crippen molar-refractivity contribution in [2.24, 2.45) is 27.1 Å². The van der Waals surface area contributed by atoms with E-state index < -0.39 is 61.8 Å². The molecule has 0 saturated heterocycles. The number of nitrogens with zero attached hydrogens (tertiary/aromatic N) is 3. The van der Waals surface area contributed by atoms with Crippen molar-refractivity contribution in [3.05, 3.63) is 68.9 Å². The van der Waals surface area contributed by atoms with E-state index in [0.717, 1.165) is 19.7 Å². The molecule has 0 bridgehead atoms. The van der Waals surface area contributed by atoms with Crippen LogP contribution in [0.3, 0.4) is 0 Å². The molecule has 0 aliphatic rings. The first-order chi connectivity index (χ1) is 26.0. The second-order valence-corrected chi connectivity index (χ2v) is 20.0. The topological polar surface area (TPSA) is 274 Å². The molecule has 0 aliphatic heterocycles. The Bertz CT molecular complexity index is 1440. The number of esters is 3. The predicted octanol–water partition coefficient (Wildman–Crippen LogP) is -0.197. The first kappa shape index (κ1) is 60.1. The fourth-order valence-corrected chi connectivity index (χ4v) is 8.51. The van der Waals surface area contributed by atoms with Crippen molar-refractivity contribution in [1.29, 1.82) is 0 Å². The highest BCUT2D eigenvalue weighted by atomic mass is 28.4. The monoisotopic (exact) mass is 873 g/mol. The average molecular weight is 874 g/mol. The lowest BCUT2D eigenvalue weighted by molar-refractivity contribution is -0.147. The van der Waals surface area contributed by atoms with E-state index in [9.17, 15) is 43.2 Å². The van der Waals surface area contributed by atoms with Crippen LogP contribution in [0.4, 0.5) is 0 Å². The Morgan fingerprint density at radius 2 is 1.18 bits per heavy atom. The highest BCUT2D eigenvalue weighted by Crippen LogP contribution is 2.18. The van der Waals surface area contributed by atoms with Gasteiger partial charge < -0.3 is 51.8 Å². The van der Waals surface area contributed by atoms with Crippen molar-refractivity contribution in [2.45, 2.75) is 78.1 Å². The van der Waals surface area contributed by atoms with Crippen LogP contribution in [0.2, 0.25) is 18.1 Å². The van der Waals surface area contributed by atoms with Gasteiger partial charge in [-0.25, -0.2) is 37.7 Å². The number of hydrogen-bond donors (Lipinski definition) is 3. The van der Waals surface area contributed by atoms with Gasteiger partial charge in [-0.05, 0) is 39.2 Å². The van der Waals surface area contributed by atoms with Crippen LogP contribution in [-0.2, 0) is 67.4 Å². The lowest BCUT2D eigenvalue weighted by Gasteiger charge is -2.26. The molecule has 0 radical (unpaired) electrons. The van der Waals surface area contributed by atoms with Gasteiger partial charge in [-0.2, -0.15) is 0 Å². The van der Waals surface area contributed by atoms with E-state index in [1.807, 2.05) is 6.92 Å². The van der Waals surface area contributed by atoms with Crippen LogP contribution in [0.1, 0.15) is 53.9 Å². The highest BCUT2D eigenvalue weighted by Gasteiger charge is 2.36.